The number of carbonyl (C=O) groups is 1. The van der Waals surface area contributed by atoms with E-state index in [9.17, 15) is 4.79 Å². The Hall–Kier alpha value is -3.59. The first-order valence-electron chi connectivity index (χ1n) is 10.9. The molecule has 1 saturated heterocycles. The number of amides is 1. The van der Waals surface area contributed by atoms with Gasteiger partial charge in [-0.1, -0.05) is 0 Å². The van der Waals surface area contributed by atoms with Crippen LogP contribution in [0.1, 0.15) is 16.8 Å². The quantitative estimate of drug-likeness (QED) is 0.674. The molecule has 0 aliphatic carbocycles. The summed E-state index contributed by atoms with van der Waals surface area (Å²) in [4.78, 5) is 35.1. The van der Waals surface area contributed by atoms with E-state index in [1.165, 1.54) is 5.56 Å². The molecule has 1 N–H and O–H groups in total. The second-order valence-electron chi connectivity index (χ2n) is 8.21. The lowest BCUT2D eigenvalue weighted by Gasteiger charge is -2.34. The zero-order valence-electron chi connectivity index (χ0n) is 17.6. The van der Waals surface area contributed by atoms with Crippen molar-refractivity contribution >= 4 is 23.4 Å². The van der Waals surface area contributed by atoms with Crippen LogP contribution in [0.4, 0.5) is 17.5 Å². The van der Waals surface area contributed by atoms with Crippen LogP contribution >= 0.6 is 0 Å². The Morgan fingerprint density at radius 2 is 1.84 bits per heavy atom. The minimum Gasteiger partial charge on any atom is -0.378 e. The van der Waals surface area contributed by atoms with Gasteiger partial charge in [0.15, 0.2) is 5.82 Å². The molecule has 1 amide bonds. The topological polar surface area (TPSA) is 96.4 Å². The van der Waals surface area contributed by atoms with Crippen molar-refractivity contribution in [3.8, 4) is 11.4 Å². The molecule has 3 aliphatic rings. The lowest BCUT2D eigenvalue weighted by molar-refractivity contribution is -0.115. The molecule has 6 rings (SSSR count). The molecule has 0 spiro atoms. The Bertz CT molecular complexity index is 1180. The lowest BCUT2D eigenvalue weighted by Crippen LogP contribution is -2.39. The Balaban J connectivity index is 1.42. The fourth-order valence-corrected chi connectivity index (χ4v) is 4.57. The number of fused-ring (bicyclic) bond motifs is 2. The maximum Gasteiger partial charge on any atom is 0.228 e. The summed E-state index contributed by atoms with van der Waals surface area (Å²) in [5.74, 6) is 2.42. The summed E-state index contributed by atoms with van der Waals surface area (Å²) in [5, 5.41) is 2.89. The van der Waals surface area contributed by atoms with Gasteiger partial charge in [-0.25, -0.2) is 19.9 Å². The number of benzene rings is 1. The molecule has 0 bridgehead atoms. The minimum absolute atomic E-state index is 0.0241. The molecule has 1 aromatic carbocycles. The van der Waals surface area contributed by atoms with E-state index in [0.717, 1.165) is 54.4 Å². The average molecular weight is 429 g/mol. The molecule has 0 unspecified atom stereocenters. The van der Waals surface area contributed by atoms with Gasteiger partial charge in [0.05, 0.1) is 31.9 Å². The van der Waals surface area contributed by atoms with Gasteiger partial charge in [-0.05, 0) is 36.2 Å². The highest BCUT2D eigenvalue weighted by Crippen LogP contribution is 2.33. The Labute approximate surface area is 185 Å². The number of hydrogen-bond donors (Lipinski definition) is 1. The van der Waals surface area contributed by atoms with Crippen LogP contribution < -0.4 is 15.1 Å². The van der Waals surface area contributed by atoms with Gasteiger partial charge in [-0.3, -0.25) is 4.79 Å². The fraction of sp³-hybridized carbons (Fsp3) is 0.348. The van der Waals surface area contributed by atoms with Gasteiger partial charge in [-0.2, -0.15) is 0 Å². The number of nitrogens with zero attached hydrogens (tertiary/aromatic N) is 6. The number of morpholine rings is 1. The van der Waals surface area contributed by atoms with E-state index in [-0.39, 0.29) is 5.91 Å². The number of anilines is 3. The molecule has 9 nitrogen and oxygen atoms in total. The number of aromatic nitrogens is 4. The maximum atomic E-state index is 11.8. The summed E-state index contributed by atoms with van der Waals surface area (Å²) in [5.41, 5.74) is 4.98. The highest BCUT2D eigenvalue weighted by Gasteiger charge is 2.28. The van der Waals surface area contributed by atoms with E-state index in [0.29, 0.717) is 38.0 Å². The number of hydrogen-bond acceptors (Lipinski definition) is 8. The molecule has 0 radical (unpaired) electrons. The van der Waals surface area contributed by atoms with E-state index in [2.05, 4.69) is 25.1 Å². The molecule has 3 aromatic rings. The Morgan fingerprint density at radius 3 is 2.69 bits per heavy atom. The highest BCUT2D eigenvalue weighted by atomic mass is 16.5. The largest absolute Gasteiger partial charge is 0.378 e. The molecule has 0 saturated carbocycles. The molecule has 9 heteroatoms. The second kappa shape index (κ2) is 7.83. The Kier molecular flexibility index (Phi) is 4.68. The normalized spacial score (nSPS) is 17.7. The Morgan fingerprint density at radius 1 is 1.00 bits per heavy atom. The van der Waals surface area contributed by atoms with Crippen LogP contribution in [0.15, 0.2) is 36.7 Å². The van der Waals surface area contributed by atoms with Crippen LogP contribution in [-0.4, -0.2) is 58.7 Å². The third-order valence-corrected chi connectivity index (χ3v) is 6.18. The van der Waals surface area contributed by atoms with Gasteiger partial charge in [0.2, 0.25) is 11.9 Å². The lowest BCUT2D eigenvalue weighted by atomic mass is 10.0. The van der Waals surface area contributed by atoms with Crippen LogP contribution in [0.2, 0.25) is 0 Å². The van der Waals surface area contributed by atoms with E-state index >= 15 is 0 Å². The smallest absolute Gasteiger partial charge is 0.228 e. The van der Waals surface area contributed by atoms with Crippen molar-refractivity contribution in [2.75, 3.05) is 48.0 Å². The van der Waals surface area contributed by atoms with Crippen molar-refractivity contribution in [3.63, 3.8) is 0 Å². The molecular formula is C23H23N7O2. The van der Waals surface area contributed by atoms with Crippen molar-refractivity contribution in [2.45, 2.75) is 19.4 Å². The first kappa shape index (κ1) is 19.1. The van der Waals surface area contributed by atoms with Crippen LogP contribution in [0.3, 0.4) is 0 Å². The SMILES string of the molecule is O=C1Cc2cc(-c3nc4c(c(N5CCOCC5)n3)CCN(c3ncccn3)C4)ccc2N1. The molecule has 32 heavy (non-hydrogen) atoms. The maximum absolute atomic E-state index is 11.8. The number of nitrogens with one attached hydrogen (secondary N) is 1. The third kappa shape index (κ3) is 3.44. The van der Waals surface area contributed by atoms with E-state index in [4.69, 9.17) is 14.7 Å². The molecule has 1 fully saturated rings. The first-order valence-corrected chi connectivity index (χ1v) is 10.9. The van der Waals surface area contributed by atoms with Gasteiger partial charge < -0.3 is 19.9 Å². The predicted octanol–water partition coefficient (Wildman–Crippen LogP) is 1.83. The number of ether oxygens (including phenoxy) is 1. The van der Waals surface area contributed by atoms with Crippen LogP contribution in [0.25, 0.3) is 11.4 Å². The van der Waals surface area contributed by atoms with Crippen molar-refractivity contribution < 1.29 is 9.53 Å². The van der Waals surface area contributed by atoms with Crippen molar-refractivity contribution in [1.82, 2.24) is 19.9 Å². The number of rotatable bonds is 3. The van der Waals surface area contributed by atoms with E-state index in [1.54, 1.807) is 12.4 Å². The zero-order valence-corrected chi connectivity index (χ0v) is 17.6. The van der Waals surface area contributed by atoms with Crippen LogP contribution in [0.5, 0.6) is 0 Å². The predicted molar refractivity (Wildman–Crippen MR) is 120 cm³/mol. The fourth-order valence-electron chi connectivity index (χ4n) is 4.57. The van der Waals surface area contributed by atoms with Gasteiger partial charge in [0.25, 0.3) is 0 Å². The molecule has 5 heterocycles. The monoisotopic (exact) mass is 429 g/mol. The first-order chi connectivity index (χ1) is 15.7. The van der Waals surface area contributed by atoms with E-state index < -0.39 is 0 Å². The zero-order chi connectivity index (χ0) is 21.5. The van der Waals surface area contributed by atoms with Gasteiger partial charge in [0.1, 0.15) is 5.82 Å². The van der Waals surface area contributed by atoms with Crippen molar-refractivity contribution in [2.24, 2.45) is 0 Å². The summed E-state index contributed by atoms with van der Waals surface area (Å²) < 4.78 is 5.57. The van der Waals surface area contributed by atoms with Crippen LogP contribution in [0, 0.1) is 0 Å². The van der Waals surface area contributed by atoms with Gasteiger partial charge in [-0.15, -0.1) is 0 Å². The molecule has 3 aliphatic heterocycles. The van der Waals surface area contributed by atoms with Crippen molar-refractivity contribution in [1.29, 1.82) is 0 Å². The second-order valence-corrected chi connectivity index (χ2v) is 8.21. The van der Waals surface area contributed by atoms with E-state index in [1.807, 2.05) is 24.3 Å². The molecule has 0 atom stereocenters. The molecule has 162 valence electrons. The van der Waals surface area contributed by atoms with Gasteiger partial charge in [0, 0.05) is 48.8 Å². The minimum atomic E-state index is 0.0241. The third-order valence-electron chi connectivity index (χ3n) is 6.18. The molecular weight excluding hydrogens is 406 g/mol. The summed E-state index contributed by atoms with van der Waals surface area (Å²) >= 11 is 0. The average Bonchev–Trinajstić information content (AvgIpc) is 3.23. The van der Waals surface area contributed by atoms with Crippen molar-refractivity contribution in [3.05, 3.63) is 53.5 Å². The summed E-state index contributed by atoms with van der Waals surface area (Å²) in [6.07, 6.45) is 4.76. The molecule has 2 aromatic heterocycles. The summed E-state index contributed by atoms with van der Waals surface area (Å²) in [6, 6.07) is 7.78. The van der Waals surface area contributed by atoms with Crippen LogP contribution in [-0.2, 0) is 28.9 Å². The number of carbonyl (C=O) groups excluding carboxylic acids is 1. The van der Waals surface area contributed by atoms with Gasteiger partial charge >= 0.3 is 0 Å². The standard InChI is InChI=1S/C23H23N7O2/c31-20-13-16-12-15(2-3-18(16)26-20)21-27-19-14-30(23-24-5-1-6-25-23)7-4-17(19)22(28-21)29-8-10-32-11-9-29/h1-3,5-6,12H,4,7-11,13-14H2,(H,26,31). The summed E-state index contributed by atoms with van der Waals surface area (Å²) in [7, 11) is 0. The highest BCUT2D eigenvalue weighted by molar-refractivity contribution is 5.99. The summed E-state index contributed by atoms with van der Waals surface area (Å²) in [6.45, 7) is 4.49.